The fraction of sp³-hybridized carbons (Fsp3) is 0. The van der Waals surface area contributed by atoms with Crippen LogP contribution in [0.3, 0.4) is 0 Å². The van der Waals surface area contributed by atoms with E-state index in [1.54, 1.807) is 0 Å². The van der Waals surface area contributed by atoms with Gasteiger partial charge in [-0.2, -0.15) is 0 Å². The molecule has 0 N–H and O–H groups in total. The Morgan fingerprint density at radius 1 is 0.571 bits per heavy atom. The van der Waals surface area contributed by atoms with Crippen molar-refractivity contribution >= 4 is 11.4 Å². The standard InChI is InChI=1S/C12H10N.Os/c1-3-7-11(8-4-1)13-12-9-5-2-6-10-12;/h1-10H;/q-1;+1. The van der Waals surface area contributed by atoms with Gasteiger partial charge in [-0.15, -0.1) is 11.4 Å². The fourth-order valence-electron chi connectivity index (χ4n) is 1.15. The molecule has 2 aromatic rings. The van der Waals surface area contributed by atoms with Crippen LogP contribution in [0.2, 0.25) is 0 Å². The minimum absolute atomic E-state index is 0. The summed E-state index contributed by atoms with van der Waals surface area (Å²) in [5, 5.41) is 4.44. The Kier molecular flexibility index (Phi) is 4.36. The van der Waals surface area contributed by atoms with Gasteiger partial charge in [-0.3, -0.25) is 0 Å². The minimum Gasteiger partial charge on any atom is -0.658 e. The molecule has 0 unspecified atom stereocenters. The molecule has 71 valence electrons. The summed E-state index contributed by atoms with van der Waals surface area (Å²) in [4.78, 5) is 0. The smallest absolute Gasteiger partial charge is 0.658 e. The zero-order valence-corrected chi connectivity index (χ0v) is 10.1. The van der Waals surface area contributed by atoms with Crippen LogP contribution >= 0.6 is 0 Å². The summed E-state index contributed by atoms with van der Waals surface area (Å²) in [6.07, 6.45) is 0. The van der Waals surface area contributed by atoms with Gasteiger partial charge < -0.3 is 5.32 Å². The summed E-state index contributed by atoms with van der Waals surface area (Å²) >= 11 is 0. The van der Waals surface area contributed by atoms with Gasteiger partial charge >= 0.3 is 19.8 Å². The van der Waals surface area contributed by atoms with Crippen LogP contribution in [0.5, 0.6) is 0 Å². The first-order valence-corrected chi connectivity index (χ1v) is 4.27. The molecule has 1 nitrogen and oxygen atoms in total. The third-order valence-corrected chi connectivity index (χ3v) is 1.77. The van der Waals surface area contributed by atoms with Crippen molar-refractivity contribution < 1.29 is 19.8 Å². The first-order valence-electron chi connectivity index (χ1n) is 4.27. The zero-order valence-electron chi connectivity index (χ0n) is 7.57. The van der Waals surface area contributed by atoms with E-state index in [0.717, 1.165) is 11.4 Å². The van der Waals surface area contributed by atoms with Crippen molar-refractivity contribution in [3.8, 4) is 0 Å². The van der Waals surface area contributed by atoms with E-state index < -0.39 is 0 Å². The van der Waals surface area contributed by atoms with E-state index in [4.69, 9.17) is 0 Å². The molecule has 2 rings (SSSR count). The molecule has 0 saturated carbocycles. The van der Waals surface area contributed by atoms with Crippen LogP contribution in [-0.4, -0.2) is 0 Å². The first-order chi connectivity index (χ1) is 6.45. The van der Waals surface area contributed by atoms with Gasteiger partial charge in [0.2, 0.25) is 0 Å². The first kappa shape index (κ1) is 11.0. The third kappa shape index (κ3) is 2.98. The van der Waals surface area contributed by atoms with E-state index in [1.807, 2.05) is 60.7 Å². The second kappa shape index (κ2) is 5.57. The van der Waals surface area contributed by atoms with Gasteiger partial charge in [-0.25, -0.2) is 0 Å². The predicted octanol–water partition coefficient (Wildman–Crippen LogP) is 4.02. The molecule has 0 aromatic heterocycles. The van der Waals surface area contributed by atoms with E-state index in [9.17, 15) is 0 Å². The minimum atomic E-state index is 0. The summed E-state index contributed by atoms with van der Waals surface area (Å²) in [6, 6.07) is 19.9. The second-order valence-corrected chi connectivity index (χ2v) is 2.78. The molecule has 0 aliphatic rings. The fourth-order valence-corrected chi connectivity index (χ4v) is 1.15. The largest absolute Gasteiger partial charge is 1.00 e. The molecule has 2 aromatic carbocycles. The molecule has 0 amide bonds. The van der Waals surface area contributed by atoms with Gasteiger partial charge in [-0.05, 0) is 0 Å². The van der Waals surface area contributed by atoms with Gasteiger partial charge in [0.05, 0.1) is 0 Å². The normalized spacial score (nSPS) is 8.86. The average molecular weight is 358 g/mol. The van der Waals surface area contributed by atoms with Crippen LogP contribution in [-0.2, 0) is 19.8 Å². The molecule has 0 saturated heterocycles. The van der Waals surface area contributed by atoms with Crippen LogP contribution in [0.15, 0.2) is 60.7 Å². The number of hydrogen-bond acceptors (Lipinski definition) is 0. The number of nitrogens with zero attached hydrogens (tertiary/aromatic N) is 1. The monoisotopic (exact) mass is 360 g/mol. The molecule has 0 heterocycles. The summed E-state index contributed by atoms with van der Waals surface area (Å²) < 4.78 is 0. The maximum atomic E-state index is 4.44. The van der Waals surface area contributed by atoms with E-state index in [2.05, 4.69) is 5.32 Å². The van der Waals surface area contributed by atoms with E-state index in [-0.39, 0.29) is 19.8 Å². The molecule has 0 bridgehead atoms. The van der Waals surface area contributed by atoms with E-state index in [0.29, 0.717) is 0 Å². The maximum Gasteiger partial charge on any atom is 1.00 e. The molecule has 0 spiro atoms. The van der Waals surface area contributed by atoms with Crippen LogP contribution in [0.1, 0.15) is 0 Å². The Hall–Kier alpha value is -1.12. The van der Waals surface area contributed by atoms with Gasteiger partial charge in [0.15, 0.2) is 0 Å². The van der Waals surface area contributed by atoms with Crippen molar-refractivity contribution in [3.05, 3.63) is 66.0 Å². The van der Waals surface area contributed by atoms with Crippen molar-refractivity contribution in [2.45, 2.75) is 0 Å². The predicted molar refractivity (Wildman–Crippen MR) is 55.6 cm³/mol. The van der Waals surface area contributed by atoms with Crippen LogP contribution in [0, 0.1) is 0 Å². The number of para-hydroxylation sites is 2. The van der Waals surface area contributed by atoms with Crippen LogP contribution < -0.4 is 0 Å². The zero-order chi connectivity index (χ0) is 8.93. The maximum absolute atomic E-state index is 4.44. The summed E-state index contributed by atoms with van der Waals surface area (Å²) in [5.74, 6) is 0. The Balaban J connectivity index is 0.000000980. The topological polar surface area (TPSA) is 14.1 Å². The Morgan fingerprint density at radius 2 is 0.929 bits per heavy atom. The molecule has 0 fully saturated rings. The second-order valence-electron chi connectivity index (χ2n) is 2.78. The number of benzene rings is 2. The number of hydrogen-bond donors (Lipinski definition) is 0. The Morgan fingerprint density at radius 3 is 1.29 bits per heavy atom. The molecular weight excluding hydrogens is 348 g/mol. The Bertz CT molecular complexity index is 321. The third-order valence-electron chi connectivity index (χ3n) is 1.77. The van der Waals surface area contributed by atoms with E-state index in [1.165, 1.54) is 0 Å². The molecule has 0 aliphatic heterocycles. The van der Waals surface area contributed by atoms with Crippen molar-refractivity contribution in [1.82, 2.24) is 0 Å². The number of rotatable bonds is 2. The molecular formula is C12H10NOs. The van der Waals surface area contributed by atoms with E-state index >= 15 is 0 Å². The van der Waals surface area contributed by atoms with Gasteiger partial charge in [-0.1, -0.05) is 60.7 Å². The average Bonchev–Trinajstić information content (AvgIpc) is 2.21. The summed E-state index contributed by atoms with van der Waals surface area (Å²) in [7, 11) is 0. The van der Waals surface area contributed by atoms with Crippen molar-refractivity contribution in [2.24, 2.45) is 0 Å². The molecule has 1 radical (unpaired) electrons. The summed E-state index contributed by atoms with van der Waals surface area (Å²) in [6.45, 7) is 0. The molecule has 14 heavy (non-hydrogen) atoms. The molecule has 0 atom stereocenters. The van der Waals surface area contributed by atoms with Crippen molar-refractivity contribution in [1.29, 1.82) is 0 Å². The van der Waals surface area contributed by atoms with Gasteiger partial charge in [0.25, 0.3) is 0 Å². The van der Waals surface area contributed by atoms with Crippen molar-refractivity contribution in [3.63, 3.8) is 0 Å². The van der Waals surface area contributed by atoms with Crippen molar-refractivity contribution in [2.75, 3.05) is 0 Å². The van der Waals surface area contributed by atoms with Gasteiger partial charge in [0.1, 0.15) is 0 Å². The van der Waals surface area contributed by atoms with Gasteiger partial charge in [0, 0.05) is 0 Å². The Labute approximate surface area is 97.2 Å². The summed E-state index contributed by atoms with van der Waals surface area (Å²) in [5.41, 5.74) is 1.99. The SMILES string of the molecule is [Os+].c1ccc([N-]c2ccccc2)cc1. The molecule has 0 aliphatic carbocycles. The van der Waals surface area contributed by atoms with Crippen LogP contribution in [0.25, 0.3) is 5.32 Å². The quantitative estimate of drug-likeness (QED) is 0.770. The van der Waals surface area contributed by atoms with Crippen LogP contribution in [0.4, 0.5) is 11.4 Å². The molecule has 2 heteroatoms.